The normalized spacial score (nSPS) is 28.8. The highest BCUT2D eigenvalue weighted by atomic mass is 15.2. The standard InChI is InChI=1S/C9H20N3/c1-10-8-6-4-5-7-9(8,11-2)12-3/h4,8,10-12H,5-7H2,1-3H3. The summed E-state index contributed by atoms with van der Waals surface area (Å²) in [6.07, 6.45) is 5.84. The Labute approximate surface area is 75.3 Å². The molecule has 71 valence electrons. The van der Waals surface area contributed by atoms with Crippen molar-refractivity contribution in [1.29, 1.82) is 0 Å². The average molecular weight is 170 g/mol. The van der Waals surface area contributed by atoms with E-state index in [4.69, 9.17) is 0 Å². The second kappa shape index (κ2) is 4.21. The zero-order chi connectivity index (χ0) is 9.03. The molecule has 1 aliphatic rings. The highest BCUT2D eigenvalue weighted by molar-refractivity contribution is 5.01. The van der Waals surface area contributed by atoms with E-state index in [1.165, 1.54) is 6.42 Å². The van der Waals surface area contributed by atoms with Gasteiger partial charge in [-0.2, -0.15) is 0 Å². The van der Waals surface area contributed by atoms with Crippen LogP contribution in [-0.4, -0.2) is 32.8 Å². The van der Waals surface area contributed by atoms with Crippen LogP contribution in [0.5, 0.6) is 0 Å². The molecular weight excluding hydrogens is 150 g/mol. The summed E-state index contributed by atoms with van der Waals surface area (Å²) in [7, 11) is 6.06. The molecule has 1 saturated carbocycles. The molecule has 3 nitrogen and oxygen atoms in total. The van der Waals surface area contributed by atoms with Crippen molar-refractivity contribution in [3.8, 4) is 0 Å². The molecule has 0 saturated heterocycles. The lowest BCUT2D eigenvalue weighted by molar-refractivity contribution is 0.174. The van der Waals surface area contributed by atoms with Crippen molar-refractivity contribution in [1.82, 2.24) is 16.0 Å². The molecule has 0 aliphatic heterocycles. The zero-order valence-electron chi connectivity index (χ0n) is 8.28. The van der Waals surface area contributed by atoms with Crippen LogP contribution in [0, 0.1) is 6.42 Å². The minimum atomic E-state index is 0.0868. The fraction of sp³-hybridized carbons (Fsp3) is 0.889. The van der Waals surface area contributed by atoms with Crippen LogP contribution in [0.15, 0.2) is 0 Å². The van der Waals surface area contributed by atoms with Crippen molar-refractivity contribution in [3.63, 3.8) is 0 Å². The van der Waals surface area contributed by atoms with E-state index < -0.39 is 0 Å². The Morgan fingerprint density at radius 3 is 2.33 bits per heavy atom. The summed E-state index contributed by atoms with van der Waals surface area (Å²) in [4.78, 5) is 0. The van der Waals surface area contributed by atoms with Crippen LogP contribution in [0.2, 0.25) is 0 Å². The third-order valence-corrected chi connectivity index (χ3v) is 2.98. The molecule has 0 bridgehead atoms. The summed E-state index contributed by atoms with van der Waals surface area (Å²) < 4.78 is 0. The summed E-state index contributed by atoms with van der Waals surface area (Å²) in [5, 5.41) is 10.1. The summed E-state index contributed by atoms with van der Waals surface area (Å²) in [5.74, 6) is 0. The summed E-state index contributed by atoms with van der Waals surface area (Å²) >= 11 is 0. The van der Waals surface area contributed by atoms with E-state index in [-0.39, 0.29) is 5.66 Å². The minimum Gasteiger partial charge on any atom is -0.314 e. The second-order valence-corrected chi connectivity index (χ2v) is 3.38. The Hall–Kier alpha value is -0.120. The largest absolute Gasteiger partial charge is 0.314 e. The molecule has 0 aromatic rings. The maximum atomic E-state index is 3.37. The van der Waals surface area contributed by atoms with Crippen molar-refractivity contribution >= 4 is 0 Å². The molecule has 0 aromatic heterocycles. The molecule has 1 fully saturated rings. The molecule has 1 rings (SSSR count). The molecular formula is C9H20N3. The van der Waals surface area contributed by atoms with E-state index in [1.807, 2.05) is 21.1 Å². The molecule has 0 amide bonds. The summed E-state index contributed by atoms with van der Waals surface area (Å²) in [6.45, 7) is 0. The summed E-state index contributed by atoms with van der Waals surface area (Å²) in [5.41, 5.74) is 0.0868. The van der Waals surface area contributed by atoms with Crippen LogP contribution >= 0.6 is 0 Å². The topological polar surface area (TPSA) is 36.1 Å². The highest BCUT2D eigenvalue weighted by Gasteiger charge is 2.36. The molecule has 1 unspecified atom stereocenters. The first-order valence-corrected chi connectivity index (χ1v) is 4.66. The monoisotopic (exact) mass is 170 g/mol. The number of nitrogens with one attached hydrogen (secondary N) is 3. The summed E-state index contributed by atoms with van der Waals surface area (Å²) in [6, 6.07) is 0.501. The Morgan fingerprint density at radius 2 is 1.92 bits per heavy atom. The molecule has 1 radical (unpaired) electrons. The van der Waals surface area contributed by atoms with Gasteiger partial charge in [0.1, 0.15) is 0 Å². The third kappa shape index (κ3) is 1.63. The first kappa shape index (κ1) is 9.96. The van der Waals surface area contributed by atoms with Crippen LogP contribution in [0.3, 0.4) is 0 Å². The van der Waals surface area contributed by atoms with Gasteiger partial charge in [-0.15, -0.1) is 0 Å². The maximum absolute atomic E-state index is 3.37. The minimum absolute atomic E-state index is 0.0868. The first-order valence-electron chi connectivity index (χ1n) is 4.66. The smallest absolute Gasteiger partial charge is 0.0840 e. The SMILES string of the molecule is CNC1C[CH]CCC1(NC)NC. The Morgan fingerprint density at radius 1 is 1.25 bits per heavy atom. The molecule has 3 N–H and O–H groups in total. The lowest BCUT2D eigenvalue weighted by Gasteiger charge is -2.43. The number of hydrogen-bond donors (Lipinski definition) is 3. The maximum Gasteiger partial charge on any atom is 0.0840 e. The number of rotatable bonds is 3. The van der Waals surface area contributed by atoms with Gasteiger partial charge in [-0.05, 0) is 46.8 Å². The predicted molar refractivity (Wildman–Crippen MR) is 51.8 cm³/mol. The van der Waals surface area contributed by atoms with Gasteiger partial charge in [0.25, 0.3) is 0 Å². The molecule has 0 heterocycles. The Balaban J connectivity index is 2.66. The van der Waals surface area contributed by atoms with Gasteiger partial charge in [0, 0.05) is 6.04 Å². The fourth-order valence-corrected chi connectivity index (χ4v) is 2.08. The van der Waals surface area contributed by atoms with Crippen molar-refractivity contribution in [2.45, 2.75) is 31.0 Å². The van der Waals surface area contributed by atoms with Crippen molar-refractivity contribution in [2.24, 2.45) is 0 Å². The van der Waals surface area contributed by atoms with Gasteiger partial charge in [0.15, 0.2) is 0 Å². The highest BCUT2D eigenvalue weighted by Crippen LogP contribution is 2.24. The van der Waals surface area contributed by atoms with Gasteiger partial charge < -0.3 is 16.0 Å². The lowest BCUT2D eigenvalue weighted by atomic mass is 9.84. The van der Waals surface area contributed by atoms with Crippen LogP contribution in [0.25, 0.3) is 0 Å². The average Bonchev–Trinajstić information content (AvgIpc) is 2.17. The van der Waals surface area contributed by atoms with Gasteiger partial charge in [0.2, 0.25) is 0 Å². The van der Waals surface area contributed by atoms with Gasteiger partial charge >= 0.3 is 0 Å². The number of likely N-dealkylation sites (N-methyl/N-ethyl adjacent to an activating group) is 3. The zero-order valence-corrected chi connectivity index (χ0v) is 8.28. The molecule has 0 spiro atoms. The van der Waals surface area contributed by atoms with Gasteiger partial charge in [-0.3, -0.25) is 0 Å². The van der Waals surface area contributed by atoms with Crippen LogP contribution < -0.4 is 16.0 Å². The van der Waals surface area contributed by atoms with E-state index in [9.17, 15) is 0 Å². The van der Waals surface area contributed by atoms with Gasteiger partial charge in [0.05, 0.1) is 5.66 Å². The van der Waals surface area contributed by atoms with Crippen molar-refractivity contribution in [2.75, 3.05) is 21.1 Å². The number of hydrogen-bond acceptors (Lipinski definition) is 3. The van der Waals surface area contributed by atoms with E-state index in [0.29, 0.717) is 6.04 Å². The van der Waals surface area contributed by atoms with E-state index in [1.54, 1.807) is 0 Å². The van der Waals surface area contributed by atoms with E-state index >= 15 is 0 Å². The Bertz CT molecular complexity index is 132. The second-order valence-electron chi connectivity index (χ2n) is 3.38. The molecule has 12 heavy (non-hydrogen) atoms. The van der Waals surface area contributed by atoms with E-state index in [0.717, 1.165) is 12.8 Å². The molecule has 1 atom stereocenters. The van der Waals surface area contributed by atoms with Crippen molar-refractivity contribution in [3.05, 3.63) is 6.42 Å². The van der Waals surface area contributed by atoms with Gasteiger partial charge in [-0.1, -0.05) is 0 Å². The van der Waals surface area contributed by atoms with Gasteiger partial charge in [-0.25, -0.2) is 0 Å². The van der Waals surface area contributed by atoms with Crippen LogP contribution in [0.1, 0.15) is 19.3 Å². The third-order valence-electron chi connectivity index (χ3n) is 2.98. The molecule has 0 aromatic carbocycles. The fourth-order valence-electron chi connectivity index (χ4n) is 2.08. The van der Waals surface area contributed by atoms with Crippen LogP contribution in [0.4, 0.5) is 0 Å². The molecule has 1 aliphatic carbocycles. The molecule has 3 heteroatoms. The predicted octanol–water partition coefficient (Wildman–Crippen LogP) is 0.0977. The Kier molecular flexibility index (Phi) is 3.50. The quantitative estimate of drug-likeness (QED) is 0.526. The van der Waals surface area contributed by atoms with Crippen molar-refractivity contribution < 1.29 is 0 Å². The van der Waals surface area contributed by atoms with E-state index in [2.05, 4.69) is 22.4 Å². The van der Waals surface area contributed by atoms with Crippen LogP contribution in [-0.2, 0) is 0 Å². The lowest BCUT2D eigenvalue weighted by Crippen LogP contribution is -2.67. The first-order chi connectivity index (χ1) is 5.79.